The highest BCUT2D eigenvalue weighted by Gasteiger charge is 2.39. The minimum absolute atomic E-state index is 0.0275. The summed E-state index contributed by atoms with van der Waals surface area (Å²) in [6, 6.07) is 8.77. The Labute approximate surface area is 268 Å². The number of nitrogens with zero attached hydrogens (tertiary/aromatic N) is 7. The van der Waals surface area contributed by atoms with Gasteiger partial charge in [0.15, 0.2) is 5.82 Å². The molecule has 0 radical (unpaired) electrons. The van der Waals surface area contributed by atoms with Crippen LogP contribution in [0.15, 0.2) is 48.9 Å². The lowest BCUT2D eigenvalue weighted by Gasteiger charge is -2.38. The molecule has 4 heterocycles. The van der Waals surface area contributed by atoms with Crippen molar-refractivity contribution >= 4 is 45.8 Å². The van der Waals surface area contributed by atoms with Crippen LogP contribution >= 0.6 is 0 Å². The van der Waals surface area contributed by atoms with Gasteiger partial charge >= 0.3 is 6.18 Å². The van der Waals surface area contributed by atoms with Gasteiger partial charge in [-0.15, -0.1) is 0 Å². The van der Waals surface area contributed by atoms with Gasteiger partial charge in [-0.2, -0.15) is 13.2 Å². The first-order valence-corrected chi connectivity index (χ1v) is 15.3. The second kappa shape index (κ2) is 12.5. The predicted octanol–water partition coefficient (Wildman–Crippen LogP) is 6.12. The number of carbonyl (C=O) groups excluding carboxylic acids is 1. The zero-order valence-electron chi connectivity index (χ0n) is 26.1. The van der Waals surface area contributed by atoms with Gasteiger partial charge < -0.3 is 20.4 Å². The van der Waals surface area contributed by atoms with Gasteiger partial charge in [0.2, 0.25) is 5.95 Å². The normalized spacial score (nSPS) is 17.0. The fraction of sp³-hybridized carbons (Fsp3) is 0.406. The van der Waals surface area contributed by atoms with Crippen LogP contribution in [0.5, 0.6) is 0 Å². The van der Waals surface area contributed by atoms with Crippen LogP contribution < -0.4 is 20.4 Å². The standard InChI is InChI=1S/C32H34F5N9O/c1-19(2)44-8-10-45(11-9-44)24-14-22(32(35,36)37)13-23(15-24)41-29(47)21-5-4-20(3)25(12-21)42-28-27-26(39-18-40-28)16-38-30(43-27)46-7-6-31(33,34)17-46/h4-5,12-16,18-19H,6-11,17H2,1-3H3,(H,41,47)(H,39,40,42). The van der Waals surface area contributed by atoms with Gasteiger partial charge in [-0.1, -0.05) is 6.07 Å². The highest BCUT2D eigenvalue weighted by Crippen LogP contribution is 2.36. The molecule has 0 bridgehead atoms. The first-order valence-electron chi connectivity index (χ1n) is 15.3. The Hall–Kier alpha value is -4.66. The van der Waals surface area contributed by atoms with E-state index in [1.807, 2.05) is 4.90 Å². The monoisotopic (exact) mass is 655 g/mol. The third kappa shape index (κ3) is 7.19. The topological polar surface area (TPSA) is 102 Å². The lowest BCUT2D eigenvalue weighted by atomic mass is 10.1. The molecule has 2 aliphatic rings. The van der Waals surface area contributed by atoms with Crippen molar-refractivity contribution in [1.29, 1.82) is 0 Å². The minimum atomic E-state index is -4.60. The summed E-state index contributed by atoms with van der Waals surface area (Å²) in [6.45, 7) is 8.15. The summed E-state index contributed by atoms with van der Waals surface area (Å²) in [7, 11) is 0. The van der Waals surface area contributed by atoms with E-state index in [0.717, 1.165) is 30.8 Å². The molecule has 2 aromatic heterocycles. The number of halogens is 5. The van der Waals surface area contributed by atoms with E-state index in [1.54, 1.807) is 31.2 Å². The number of carbonyl (C=O) groups is 1. The fourth-order valence-electron chi connectivity index (χ4n) is 5.75. The molecule has 2 aliphatic heterocycles. The van der Waals surface area contributed by atoms with E-state index in [-0.39, 0.29) is 36.0 Å². The Morgan fingerprint density at radius 1 is 0.957 bits per heavy atom. The zero-order valence-corrected chi connectivity index (χ0v) is 26.1. The van der Waals surface area contributed by atoms with Crippen LogP contribution in [-0.4, -0.2) is 82.0 Å². The number of piperazine rings is 1. The number of amides is 1. The number of anilines is 5. The molecular formula is C32H34F5N9O. The molecule has 10 nitrogen and oxygen atoms in total. The molecule has 248 valence electrons. The van der Waals surface area contributed by atoms with Crippen LogP contribution in [0.3, 0.4) is 0 Å². The van der Waals surface area contributed by atoms with Gasteiger partial charge in [0.05, 0.1) is 18.3 Å². The van der Waals surface area contributed by atoms with E-state index in [4.69, 9.17) is 0 Å². The molecule has 2 fully saturated rings. The lowest BCUT2D eigenvalue weighted by Crippen LogP contribution is -2.49. The quantitative estimate of drug-likeness (QED) is 0.228. The van der Waals surface area contributed by atoms with Crippen LogP contribution in [0, 0.1) is 6.92 Å². The summed E-state index contributed by atoms with van der Waals surface area (Å²) in [4.78, 5) is 36.1. The lowest BCUT2D eigenvalue weighted by molar-refractivity contribution is -0.137. The van der Waals surface area contributed by atoms with Crippen LogP contribution in [0.4, 0.5) is 50.8 Å². The smallest absolute Gasteiger partial charge is 0.369 e. The van der Waals surface area contributed by atoms with Gasteiger partial charge in [0.25, 0.3) is 11.8 Å². The van der Waals surface area contributed by atoms with Crippen LogP contribution in [0.1, 0.15) is 41.8 Å². The number of hydrogen-bond donors (Lipinski definition) is 2. The van der Waals surface area contributed by atoms with Gasteiger partial charge in [0.1, 0.15) is 17.4 Å². The molecule has 4 aromatic rings. The number of benzene rings is 2. The van der Waals surface area contributed by atoms with Crippen LogP contribution in [0.2, 0.25) is 0 Å². The average Bonchev–Trinajstić information content (AvgIpc) is 3.40. The van der Waals surface area contributed by atoms with Crippen molar-refractivity contribution < 1.29 is 26.7 Å². The van der Waals surface area contributed by atoms with E-state index >= 15 is 0 Å². The second-order valence-electron chi connectivity index (χ2n) is 12.1. The molecule has 0 unspecified atom stereocenters. The summed E-state index contributed by atoms with van der Waals surface area (Å²) in [5.41, 5.74) is 1.66. The van der Waals surface area contributed by atoms with Gasteiger partial charge in [-0.3, -0.25) is 9.69 Å². The predicted molar refractivity (Wildman–Crippen MR) is 170 cm³/mol. The summed E-state index contributed by atoms with van der Waals surface area (Å²) < 4.78 is 69.4. The molecular weight excluding hydrogens is 621 g/mol. The first kappa shape index (κ1) is 32.3. The molecule has 0 saturated carbocycles. The van der Waals surface area contributed by atoms with Crippen LogP contribution in [-0.2, 0) is 6.18 Å². The van der Waals surface area contributed by atoms with Crippen molar-refractivity contribution in [3.63, 3.8) is 0 Å². The molecule has 1 amide bonds. The van der Waals surface area contributed by atoms with Crippen molar-refractivity contribution in [2.75, 3.05) is 59.7 Å². The summed E-state index contributed by atoms with van der Waals surface area (Å²) >= 11 is 0. The largest absolute Gasteiger partial charge is 0.416 e. The van der Waals surface area contributed by atoms with E-state index < -0.39 is 30.1 Å². The number of alkyl halides is 5. The highest BCUT2D eigenvalue weighted by molar-refractivity contribution is 6.05. The third-order valence-electron chi connectivity index (χ3n) is 8.48. The molecule has 0 spiro atoms. The Morgan fingerprint density at radius 3 is 2.40 bits per heavy atom. The van der Waals surface area contributed by atoms with E-state index in [0.29, 0.717) is 41.5 Å². The summed E-state index contributed by atoms with van der Waals surface area (Å²) in [5, 5.41) is 5.80. The third-order valence-corrected chi connectivity index (χ3v) is 8.48. The summed E-state index contributed by atoms with van der Waals surface area (Å²) in [5.74, 6) is -3.04. The Kier molecular flexibility index (Phi) is 8.59. The highest BCUT2D eigenvalue weighted by atomic mass is 19.4. The van der Waals surface area contributed by atoms with Gasteiger partial charge in [-0.05, 0) is 56.7 Å². The van der Waals surface area contributed by atoms with Crippen molar-refractivity contribution in [2.45, 2.75) is 45.3 Å². The van der Waals surface area contributed by atoms with Crippen LogP contribution in [0.25, 0.3) is 11.0 Å². The molecule has 15 heteroatoms. The van der Waals surface area contributed by atoms with E-state index in [2.05, 4.69) is 49.3 Å². The molecule has 0 atom stereocenters. The maximum atomic E-state index is 13.9. The van der Waals surface area contributed by atoms with Crippen molar-refractivity contribution in [3.8, 4) is 0 Å². The SMILES string of the molecule is Cc1ccc(C(=O)Nc2cc(N3CCN(C(C)C)CC3)cc(C(F)(F)F)c2)cc1Nc1ncnc2cnc(N3CCC(F)(F)C3)nc12. The maximum absolute atomic E-state index is 13.9. The number of hydrogen-bond acceptors (Lipinski definition) is 9. The Bertz CT molecular complexity index is 1790. The van der Waals surface area contributed by atoms with Crippen molar-refractivity contribution in [3.05, 3.63) is 65.6 Å². The molecule has 47 heavy (non-hydrogen) atoms. The first-order chi connectivity index (χ1) is 22.3. The molecule has 6 rings (SSSR count). The number of aryl methyl sites for hydroxylation is 1. The van der Waals surface area contributed by atoms with Crippen molar-refractivity contribution in [2.24, 2.45) is 0 Å². The van der Waals surface area contributed by atoms with E-state index in [1.165, 1.54) is 17.4 Å². The molecule has 2 aromatic carbocycles. The number of fused-ring (bicyclic) bond motifs is 1. The van der Waals surface area contributed by atoms with Gasteiger partial charge in [0, 0.05) is 67.8 Å². The minimum Gasteiger partial charge on any atom is -0.369 e. The fourth-order valence-corrected chi connectivity index (χ4v) is 5.75. The second-order valence-corrected chi connectivity index (χ2v) is 12.1. The maximum Gasteiger partial charge on any atom is 0.416 e. The number of aromatic nitrogens is 4. The summed E-state index contributed by atoms with van der Waals surface area (Å²) in [6.07, 6.45) is -2.16. The van der Waals surface area contributed by atoms with Crippen molar-refractivity contribution in [1.82, 2.24) is 24.8 Å². The van der Waals surface area contributed by atoms with Gasteiger partial charge in [-0.25, -0.2) is 28.7 Å². The molecule has 2 saturated heterocycles. The number of rotatable bonds is 7. The molecule has 2 N–H and O–H groups in total. The molecule has 0 aliphatic carbocycles. The Balaban J connectivity index is 1.24. The Morgan fingerprint density at radius 2 is 1.72 bits per heavy atom. The average molecular weight is 656 g/mol. The number of nitrogens with one attached hydrogen (secondary N) is 2. The zero-order chi connectivity index (χ0) is 33.5. The van der Waals surface area contributed by atoms with E-state index in [9.17, 15) is 26.7 Å².